The molecule has 0 aromatic heterocycles. The van der Waals surface area contributed by atoms with Crippen LogP contribution in [0.25, 0.3) is 0 Å². The Bertz CT molecular complexity index is 382. The number of fused-ring (bicyclic) bond motifs is 1. The lowest BCUT2D eigenvalue weighted by molar-refractivity contribution is -0.141. The van der Waals surface area contributed by atoms with E-state index in [4.69, 9.17) is 0 Å². The number of hydrogen-bond acceptors (Lipinski definition) is 4. The molecule has 2 atom stereocenters. The number of hydrogen-bond donors (Lipinski definition) is 1. The molecule has 0 aromatic carbocycles. The molecule has 0 spiro atoms. The first kappa shape index (κ1) is 18.7. The second kappa shape index (κ2) is 10.4. The largest absolute Gasteiger partial charge is 0.466 e. The van der Waals surface area contributed by atoms with Gasteiger partial charge in [0.1, 0.15) is 6.04 Å². The molecule has 5 heteroatoms. The van der Waals surface area contributed by atoms with Gasteiger partial charge in [-0.2, -0.15) is 0 Å². The molecule has 1 fully saturated rings. The molecule has 1 saturated heterocycles. The van der Waals surface area contributed by atoms with Gasteiger partial charge in [-0.1, -0.05) is 32.4 Å². The summed E-state index contributed by atoms with van der Waals surface area (Å²) in [4.78, 5) is 24.0. The maximum atomic E-state index is 11.9. The van der Waals surface area contributed by atoms with Gasteiger partial charge in [-0.3, -0.25) is 9.59 Å². The molecular formula is C17H30N2O3. The van der Waals surface area contributed by atoms with Gasteiger partial charge in [-0.25, -0.2) is 0 Å². The molecule has 0 bridgehead atoms. The maximum Gasteiger partial charge on any atom is 0.302 e. The number of ether oxygens (including phenoxy) is 1. The van der Waals surface area contributed by atoms with Crippen LogP contribution in [0, 0.1) is 0 Å². The van der Waals surface area contributed by atoms with Crippen LogP contribution in [-0.2, 0) is 14.3 Å². The first-order valence-electron chi connectivity index (χ1n) is 8.45. The van der Waals surface area contributed by atoms with Gasteiger partial charge in [0.2, 0.25) is 5.91 Å². The van der Waals surface area contributed by atoms with Crippen LogP contribution in [0.2, 0.25) is 0 Å². The number of amides is 1. The summed E-state index contributed by atoms with van der Waals surface area (Å²) in [5.74, 6) is 0.0851. The van der Waals surface area contributed by atoms with Crippen molar-refractivity contribution in [2.45, 2.75) is 65.0 Å². The Labute approximate surface area is 134 Å². The fourth-order valence-electron chi connectivity index (χ4n) is 2.58. The number of carbonyl (C=O) groups excluding carboxylic acids is 2. The second-order valence-electron chi connectivity index (χ2n) is 5.75. The van der Waals surface area contributed by atoms with Gasteiger partial charge in [-0.05, 0) is 32.2 Å². The van der Waals surface area contributed by atoms with Crippen molar-refractivity contribution >= 4 is 11.9 Å². The summed E-state index contributed by atoms with van der Waals surface area (Å²) in [5, 5.41) is 3.26. The van der Waals surface area contributed by atoms with Crippen molar-refractivity contribution in [2.75, 3.05) is 19.7 Å². The van der Waals surface area contributed by atoms with Crippen molar-refractivity contribution in [2.24, 2.45) is 0 Å². The summed E-state index contributed by atoms with van der Waals surface area (Å²) in [5.41, 5.74) is 0. The molecule has 2 heterocycles. The summed E-state index contributed by atoms with van der Waals surface area (Å²) in [6, 6.07) is 0.325. The lowest BCUT2D eigenvalue weighted by Crippen LogP contribution is -2.50. The molecule has 1 amide bonds. The van der Waals surface area contributed by atoms with Crippen LogP contribution < -0.4 is 5.32 Å². The summed E-state index contributed by atoms with van der Waals surface area (Å²) in [6.07, 6.45) is 9.63. The summed E-state index contributed by atoms with van der Waals surface area (Å²) in [6.45, 7) is 8.03. The Morgan fingerprint density at radius 2 is 2.14 bits per heavy atom. The smallest absolute Gasteiger partial charge is 0.302 e. The van der Waals surface area contributed by atoms with Crippen LogP contribution in [0.5, 0.6) is 0 Å². The minimum Gasteiger partial charge on any atom is -0.466 e. The van der Waals surface area contributed by atoms with Gasteiger partial charge in [0.15, 0.2) is 0 Å². The summed E-state index contributed by atoms with van der Waals surface area (Å²) < 4.78 is 4.64. The van der Waals surface area contributed by atoms with E-state index in [2.05, 4.69) is 30.0 Å². The van der Waals surface area contributed by atoms with Gasteiger partial charge in [0, 0.05) is 13.5 Å². The quantitative estimate of drug-likeness (QED) is 0.464. The lowest BCUT2D eigenvalue weighted by Gasteiger charge is -2.30. The fourth-order valence-corrected chi connectivity index (χ4v) is 2.58. The van der Waals surface area contributed by atoms with E-state index < -0.39 is 0 Å². The number of rotatable bonds is 6. The minimum absolute atomic E-state index is 0.0655. The Hall–Kier alpha value is -1.36. The van der Waals surface area contributed by atoms with Crippen LogP contribution in [0.1, 0.15) is 52.9 Å². The van der Waals surface area contributed by atoms with Gasteiger partial charge in [-0.15, -0.1) is 0 Å². The Morgan fingerprint density at radius 1 is 1.36 bits per heavy atom. The highest BCUT2D eigenvalue weighted by Gasteiger charge is 2.33. The van der Waals surface area contributed by atoms with E-state index >= 15 is 0 Å². The van der Waals surface area contributed by atoms with E-state index in [-0.39, 0.29) is 17.9 Å². The minimum atomic E-state index is -0.182. The average molecular weight is 310 g/mol. The maximum absolute atomic E-state index is 11.9. The molecule has 2 rings (SSSR count). The first-order valence-corrected chi connectivity index (χ1v) is 8.45. The van der Waals surface area contributed by atoms with Gasteiger partial charge in [0.25, 0.3) is 0 Å². The standard InChI is InChI=1S/C11H18N2O.C6H12O2/c1-2-7-12-10-6-5-9-4-3-8-13(9)11(10)14;1-3-4-5-8-6(2)7/h5-6,9-10,12H,2-4,7-8H2,1H3;3-5H2,1-2H3/t9?,10-;/m1./s1. The highest BCUT2D eigenvalue weighted by atomic mass is 16.5. The first-order chi connectivity index (χ1) is 10.6. The number of carbonyl (C=O) groups is 2. The van der Waals surface area contributed by atoms with E-state index in [0.29, 0.717) is 12.6 Å². The van der Waals surface area contributed by atoms with Crippen LogP contribution >= 0.6 is 0 Å². The average Bonchev–Trinajstić information content (AvgIpc) is 2.97. The highest BCUT2D eigenvalue weighted by molar-refractivity contribution is 5.85. The van der Waals surface area contributed by atoms with Crippen molar-refractivity contribution in [1.82, 2.24) is 10.2 Å². The molecule has 1 N–H and O–H groups in total. The molecule has 0 saturated carbocycles. The fraction of sp³-hybridized carbons (Fsp3) is 0.765. The van der Waals surface area contributed by atoms with Crippen LogP contribution in [0.4, 0.5) is 0 Å². The lowest BCUT2D eigenvalue weighted by atomic mass is 10.1. The molecule has 0 radical (unpaired) electrons. The van der Waals surface area contributed by atoms with Gasteiger partial charge < -0.3 is 15.0 Å². The zero-order valence-electron chi connectivity index (χ0n) is 14.1. The number of esters is 1. The number of unbranched alkanes of at least 4 members (excludes halogenated alkanes) is 1. The molecule has 5 nitrogen and oxygen atoms in total. The third-order valence-electron chi connectivity index (χ3n) is 3.79. The van der Waals surface area contributed by atoms with Crippen molar-refractivity contribution in [3.05, 3.63) is 12.2 Å². The van der Waals surface area contributed by atoms with E-state index in [1.54, 1.807) is 0 Å². The predicted molar refractivity (Wildman–Crippen MR) is 87.5 cm³/mol. The van der Waals surface area contributed by atoms with E-state index in [1.165, 1.54) is 6.92 Å². The third-order valence-corrected chi connectivity index (χ3v) is 3.79. The molecule has 0 aromatic rings. The zero-order chi connectivity index (χ0) is 16.4. The third kappa shape index (κ3) is 6.18. The number of nitrogens with zero attached hydrogens (tertiary/aromatic N) is 1. The van der Waals surface area contributed by atoms with Gasteiger partial charge >= 0.3 is 5.97 Å². The van der Waals surface area contributed by atoms with Crippen LogP contribution in [0.15, 0.2) is 12.2 Å². The van der Waals surface area contributed by atoms with E-state index in [1.807, 2.05) is 11.0 Å². The molecular weight excluding hydrogens is 280 g/mol. The Balaban J connectivity index is 0.000000261. The molecule has 0 aliphatic carbocycles. The summed E-state index contributed by atoms with van der Waals surface area (Å²) in [7, 11) is 0. The molecule has 22 heavy (non-hydrogen) atoms. The van der Waals surface area contributed by atoms with Crippen molar-refractivity contribution < 1.29 is 14.3 Å². The van der Waals surface area contributed by atoms with Crippen molar-refractivity contribution in [1.29, 1.82) is 0 Å². The topological polar surface area (TPSA) is 58.6 Å². The van der Waals surface area contributed by atoms with Gasteiger partial charge in [0.05, 0.1) is 12.6 Å². The Morgan fingerprint density at radius 3 is 2.77 bits per heavy atom. The van der Waals surface area contributed by atoms with E-state index in [0.717, 1.165) is 45.2 Å². The highest BCUT2D eigenvalue weighted by Crippen LogP contribution is 2.22. The van der Waals surface area contributed by atoms with E-state index in [9.17, 15) is 9.59 Å². The molecule has 126 valence electrons. The SMILES string of the molecule is CCCCOC(C)=O.CCCN[C@@H]1C=CC2CCCN2C1=O. The zero-order valence-corrected chi connectivity index (χ0v) is 14.1. The van der Waals surface area contributed by atoms with Crippen molar-refractivity contribution in [3.63, 3.8) is 0 Å². The Kier molecular flexibility index (Phi) is 8.82. The predicted octanol–water partition coefficient (Wildman–Crippen LogP) is 2.27. The monoisotopic (exact) mass is 310 g/mol. The molecule has 1 unspecified atom stereocenters. The van der Waals surface area contributed by atoms with Crippen molar-refractivity contribution in [3.8, 4) is 0 Å². The molecule has 2 aliphatic rings. The second-order valence-corrected chi connectivity index (χ2v) is 5.75. The summed E-state index contributed by atoms with van der Waals surface area (Å²) >= 11 is 0. The normalized spacial score (nSPS) is 22.9. The molecule has 2 aliphatic heterocycles. The number of nitrogens with one attached hydrogen (secondary N) is 1. The van der Waals surface area contributed by atoms with Crippen LogP contribution in [0.3, 0.4) is 0 Å². The van der Waals surface area contributed by atoms with Crippen LogP contribution in [-0.4, -0.2) is 48.6 Å².